The van der Waals surface area contributed by atoms with Gasteiger partial charge in [0.25, 0.3) is 5.91 Å². The highest BCUT2D eigenvalue weighted by atomic mass is 19.2. The van der Waals surface area contributed by atoms with Crippen molar-refractivity contribution in [1.29, 1.82) is 0 Å². The monoisotopic (exact) mass is 375 g/mol. The van der Waals surface area contributed by atoms with Gasteiger partial charge in [-0.25, -0.2) is 13.6 Å². The Kier molecular flexibility index (Phi) is 5.36. The van der Waals surface area contributed by atoms with Crippen LogP contribution in [0.5, 0.6) is 0 Å². The fourth-order valence-electron chi connectivity index (χ4n) is 2.93. The van der Waals surface area contributed by atoms with Crippen LogP contribution < -0.4 is 15.5 Å². The number of carbonyl (C=O) groups excluding carboxylic acids is 2. The largest absolute Gasteiger partial charge is 0.387 e. The normalized spacial score (nSPS) is 14.8. The molecule has 0 saturated carbocycles. The lowest BCUT2D eigenvalue weighted by Crippen LogP contribution is -2.30. The highest BCUT2D eigenvalue weighted by Crippen LogP contribution is 2.23. The average Bonchev–Trinajstić information content (AvgIpc) is 3.07. The lowest BCUT2D eigenvalue weighted by molar-refractivity contribution is 0.0916. The molecule has 2 aromatic carbocycles. The van der Waals surface area contributed by atoms with Crippen LogP contribution in [0.2, 0.25) is 0 Å². The smallest absolute Gasteiger partial charge is 0.322 e. The summed E-state index contributed by atoms with van der Waals surface area (Å²) in [4.78, 5) is 25.7. The quantitative estimate of drug-likeness (QED) is 0.750. The van der Waals surface area contributed by atoms with Gasteiger partial charge in [0.1, 0.15) is 0 Å². The van der Waals surface area contributed by atoms with Gasteiger partial charge in [-0.15, -0.1) is 0 Å². The Morgan fingerprint density at radius 2 is 2.04 bits per heavy atom. The molecule has 27 heavy (non-hydrogen) atoms. The Hall–Kier alpha value is -3.00. The molecule has 3 N–H and O–H groups in total. The molecular formula is C19H19F2N3O3. The molecule has 0 bridgehead atoms. The van der Waals surface area contributed by atoms with Crippen LogP contribution in [0, 0.1) is 18.6 Å². The van der Waals surface area contributed by atoms with Crippen molar-refractivity contribution in [2.45, 2.75) is 13.0 Å². The summed E-state index contributed by atoms with van der Waals surface area (Å²) in [6, 6.07) is 7.84. The molecule has 2 aromatic rings. The van der Waals surface area contributed by atoms with E-state index >= 15 is 0 Å². The number of aliphatic hydroxyl groups excluding tert-OH is 1. The number of urea groups is 1. The lowest BCUT2D eigenvalue weighted by Gasteiger charge is -2.18. The standard InChI is InChI=1S/C19H19F2N3O3/c1-11-8-13(3-5-16(11)24-7-6-22-19(24)27)18(26)23-10-17(25)12-2-4-14(20)15(21)9-12/h2-5,8-9,17,25H,6-7,10H2,1H3,(H,22,27)(H,23,26)/t17-/m1/s1. The van der Waals surface area contributed by atoms with Crippen LogP contribution in [0.25, 0.3) is 0 Å². The maximum atomic E-state index is 13.2. The number of hydrogen-bond acceptors (Lipinski definition) is 3. The summed E-state index contributed by atoms with van der Waals surface area (Å²) in [6.07, 6.45) is -1.17. The Balaban J connectivity index is 1.64. The van der Waals surface area contributed by atoms with Crippen molar-refractivity contribution in [2.75, 3.05) is 24.5 Å². The molecule has 142 valence electrons. The van der Waals surface area contributed by atoms with Gasteiger partial charge in [0.05, 0.1) is 6.10 Å². The van der Waals surface area contributed by atoms with Gasteiger partial charge < -0.3 is 15.7 Å². The van der Waals surface area contributed by atoms with Gasteiger partial charge in [-0.2, -0.15) is 0 Å². The summed E-state index contributed by atoms with van der Waals surface area (Å²) in [5.41, 5.74) is 2.03. The molecule has 3 rings (SSSR count). The van der Waals surface area contributed by atoms with Crippen molar-refractivity contribution in [3.05, 3.63) is 64.7 Å². The topological polar surface area (TPSA) is 81.7 Å². The summed E-state index contributed by atoms with van der Waals surface area (Å²) in [5.74, 6) is -2.48. The minimum absolute atomic E-state index is 0.154. The van der Waals surface area contributed by atoms with E-state index in [1.807, 2.05) is 0 Å². The fourth-order valence-corrected chi connectivity index (χ4v) is 2.93. The molecule has 1 saturated heterocycles. The molecule has 1 fully saturated rings. The Morgan fingerprint density at radius 1 is 1.26 bits per heavy atom. The summed E-state index contributed by atoms with van der Waals surface area (Å²) in [5, 5.41) is 15.3. The number of rotatable bonds is 5. The van der Waals surface area contributed by atoms with Crippen molar-refractivity contribution in [3.8, 4) is 0 Å². The maximum Gasteiger partial charge on any atom is 0.322 e. The van der Waals surface area contributed by atoms with Crippen LogP contribution in [0.15, 0.2) is 36.4 Å². The fraction of sp³-hybridized carbons (Fsp3) is 0.263. The zero-order chi connectivity index (χ0) is 19.6. The third-order valence-corrected chi connectivity index (χ3v) is 4.39. The number of amides is 3. The Bertz CT molecular complexity index is 888. The van der Waals surface area contributed by atoms with Gasteiger partial charge in [0.15, 0.2) is 11.6 Å². The van der Waals surface area contributed by atoms with E-state index in [0.29, 0.717) is 18.7 Å². The number of anilines is 1. The second kappa shape index (κ2) is 7.71. The third kappa shape index (κ3) is 4.06. The molecule has 1 heterocycles. The van der Waals surface area contributed by atoms with Crippen LogP contribution >= 0.6 is 0 Å². The number of benzene rings is 2. The molecule has 1 aliphatic rings. The summed E-state index contributed by atoms with van der Waals surface area (Å²) in [6.45, 7) is 2.78. The van der Waals surface area contributed by atoms with Crippen molar-refractivity contribution < 1.29 is 23.5 Å². The summed E-state index contributed by atoms with van der Waals surface area (Å²) in [7, 11) is 0. The van der Waals surface area contributed by atoms with E-state index in [1.165, 1.54) is 6.07 Å². The minimum Gasteiger partial charge on any atom is -0.387 e. The highest BCUT2D eigenvalue weighted by molar-refractivity contribution is 5.97. The molecule has 8 heteroatoms. The third-order valence-electron chi connectivity index (χ3n) is 4.39. The maximum absolute atomic E-state index is 13.2. The predicted octanol–water partition coefficient (Wildman–Crippen LogP) is 2.27. The first-order valence-electron chi connectivity index (χ1n) is 8.44. The van der Waals surface area contributed by atoms with Crippen LogP contribution in [0.1, 0.15) is 27.6 Å². The number of hydrogen-bond donors (Lipinski definition) is 3. The van der Waals surface area contributed by atoms with Crippen molar-refractivity contribution >= 4 is 17.6 Å². The minimum atomic E-state index is -1.17. The van der Waals surface area contributed by atoms with E-state index in [2.05, 4.69) is 10.6 Å². The Labute approximate surface area is 154 Å². The van der Waals surface area contributed by atoms with Gasteiger partial charge in [0, 0.05) is 30.9 Å². The lowest BCUT2D eigenvalue weighted by atomic mass is 10.1. The van der Waals surface area contributed by atoms with Gasteiger partial charge in [0.2, 0.25) is 0 Å². The summed E-state index contributed by atoms with van der Waals surface area (Å²) < 4.78 is 26.2. The highest BCUT2D eigenvalue weighted by Gasteiger charge is 2.23. The van der Waals surface area contributed by atoms with Gasteiger partial charge >= 0.3 is 6.03 Å². The van der Waals surface area contributed by atoms with E-state index in [-0.39, 0.29) is 18.1 Å². The average molecular weight is 375 g/mol. The zero-order valence-corrected chi connectivity index (χ0v) is 14.6. The molecule has 0 unspecified atom stereocenters. The molecule has 0 spiro atoms. The van der Waals surface area contributed by atoms with Crippen LogP contribution in [0.3, 0.4) is 0 Å². The van der Waals surface area contributed by atoms with E-state index in [4.69, 9.17) is 0 Å². The number of carbonyl (C=O) groups is 2. The van der Waals surface area contributed by atoms with E-state index in [9.17, 15) is 23.5 Å². The van der Waals surface area contributed by atoms with Crippen LogP contribution in [-0.2, 0) is 0 Å². The summed E-state index contributed by atoms with van der Waals surface area (Å²) >= 11 is 0. The number of aliphatic hydroxyl groups is 1. The van der Waals surface area contributed by atoms with Crippen molar-refractivity contribution in [2.24, 2.45) is 0 Å². The molecule has 6 nitrogen and oxygen atoms in total. The second-order valence-electron chi connectivity index (χ2n) is 6.28. The number of aryl methyl sites for hydroxylation is 1. The SMILES string of the molecule is Cc1cc(C(=O)NC[C@@H](O)c2ccc(F)c(F)c2)ccc1N1CCNC1=O. The van der Waals surface area contributed by atoms with Crippen molar-refractivity contribution in [3.63, 3.8) is 0 Å². The molecule has 0 aromatic heterocycles. The predicted molar refractivity (Wildman–Crippen MR) is 95.6 cm³/mol. The van der Waals surface area contributed by atoms with Gasteiger partial charge in [-0.3, -0.25) is 9.69 Å². The first-order valence-corrected chi connectivity index (χ1v) is 8.44. The number of nitrogens with zero attached hydrogens (tertiary/aromatic N) is 1. The first kappa shape index (κ1) is 18.8. The van der Waals surface area contributed by atoms with Gasteiger partial charge in [-0.1, -0.05) is 6.07 Å². The molecule has 0 aliphatic carbocycles. The van der Waals surface area contributed by atoms with E-state index in [0.717, 1.165) is 23.4 Å². The molecule has 1 atom stereocenters. The second-order valence-corrected chi connectivity index (χ2v) is 6.28. The van der Waals surface area contributed by atoms with Crippen LogP contribution in [0.4, 0.5) is 19.3 Å². The zero-order valence-electron chi connectivity index (χ0n) is 14.6. The first-order chi connectivity index (χ1) is 12.9. The van der Waals surface area contributed by atoms with E-state index in [1.54, 1.807) is 30.0 Å². The van der Waals surface area contributed by atoms with Crippen LogP contribution in [-0.4, -0.2) is 36.7 Å². The molecule has 0 radical (unpaired) electrons. The molecule has 3 amide bonds. The van der Waals surface area contributed by atoms with E-state index < -0.39 is 23.6 Å². The van der Waals surface area contributed by atoms with Gasteiger partial charge in [-0.05, 0) is 48.4 Å². The molecular weight excluding hydrogens is 356 g/mol. The Morgan fingerprint density at radius 3 is 2.67 bits per heavy atom. The van der Waals surface area contributed by atoms with Crippen molar-refractivity contribution in [1.82, 2.24) is 10.6 Å². The number of halogens is 2. The number of nitrogens with one attached hydrogen (secondary N) is 2. The molecule has 1 aliphatic heterocycles.